The first-order valence-electron chi connectivity index (χ1n) is 7.91. The van der Waals surface area contributed by atoms with E-state index in [1.54, 1.807) is 23.9 Å². The van der Waals surface area contributed by atoms with Crippen LogP contribution in [0, 0.1) is 5.82 Å². The SMILES string of the molecule is COc1ccc([C@@H]2C[C@@H](c3c(F)cccc3Cl)n3ncnc3N2)cc1. The summed E-state index contributed by atoms with van der Waals surface area (Å²) in [4.78, 5) is 4.25. The van der Waals surface area contributed by atoms with Crippen LogP contribution in [0.1, 0.15) is 29.6 Å². The molecule has 0 aliphatic carbocycles. The number of anilines is 1. The van der Waals surface area contributed by atoms with E-state index in [1.807, 2.05) is 24.3 Å². The smallest absolute Gasteiger partial charge is 0.222 e. The van der Waals surface area contributed by atoms with E-state index in [4.69, 9.17) is 16.3 Å². The molecule has 0 bridgehead atoms. The fourth-order valence-corrected chi connectivity index (χ4v) is 3.53. The van der Waals surface area contributed by atoms with Gasteiger partial charge in [0.05, 0.1) is 19.2 Å². The Kier molecular flexibility index (Phi) is 4.05. The van der Waals surface area contributed by atoms with Gasteiger partial charge >= 0.3 is 0 Å². The third-order valence-corrected chi connectivity index (χ3v) is 4.81. The summed E-state index contributed by atoms with van der Waals surface area (Å²) < 4.78 is 21.4. The Bertz CT molecular complexity index is 876. The first-order valence-corrected chi connectivity index (χ1v) is 8.29. The lowest BCUT2D eigenvalue weighted by molar-refractivity contribution is 0.410. The molecule has 0 radical (unpaired) electrons. The standard InChI is InChI=1S/C18H16ClFN4O/c1-25-12-7-5-11(6-8-12)15-9-16(24-18(23-15)21-10-22-24)17-13(19)3-2-4-14(17)20/h2-8,10,15-16H,9H2,1H3,(H,21,22,23)/t15-,16-/m0/s1. The van der Waals surface area contributed by atoms with Crippen molar-refractivity contribution >= 4 is 17.5 Å². The van der Waals surface area contributed by atoms with Crippen molar-refractivity contribution in [3.05, 3.63) is 70.8 Å². The van der Waals surface area contributed by atoms with E-state index in [0.717, 1.165) is 11.3 Å². The van der Waals surface area contributed by atoms with Gasteiger partial charge in [0.25, 0.3) is 0 Å². The Balaban J connectivity index is 1.75. The maximum atomic E-state index is 14.5. The van der Waals surface area contributed by atoms with Crippen molar-refractivity contribution in [1.29, 1.82) is 0 Å². The van der Waals surface area contributed by atoms with Gasteiger partial charge in [-0.15, -0.1) is 0 Å². The molecule has 4 rings (SSSR count). The lowest BCUT2D eigenvalue weighted by atomic mass is 9.93. The monoisotopic (exact) mass is 358 g/mol. The number of nitrogens with zero attached hydrogens (tertiary/aromatic N) is 3. The average molecular weight is 359 g/mol. The van der Waals surface area contributed by atoms with Gasteiger partial charge in [0, 0.05) is 10.6 Å². The van der Waals surface area contributed by atoms with Crippen molar-refractivity contribution in [2.24, 2.45) is 0 Å². The second-order valence-electron chi connectivity index (χ2n) is 5.89. The van der Waals surface area contributed by atoms with Gasteiger partial charge in [-0.3, -0.25) is 0 Å². The average Bonchev–Trinajstić information content (AvgIpc) is 3.10. The second kappa shape index (κ2) is 6.37. The van der Waals surface area contributed by atoms with Gasteiger partial charge in [0.15, 0.2) is 0 Å². The minimum absolute atomic E-state index is 0.0386. The molecule has 5 nitrogen and oxygen atoms in total. The van der Waals surface area contributed by atoms with E-state index >= 15 is 0 Å². The maximum Gasteiger partial charge on any atom is 0.222 e. The second-order valence-corrected chi connectivity index (χ2v) is 6.29. The van der Waals surface area contributed by atoms with Crippen molar-refractivity contribution in [3.63, 3.8) is 0 Å². The molecule has 0 saturated carbocycles. The van der Waals surface area contributed by atoms with Gasteiger partial charge in [-0.05, 0) is 36.2 Å². The fourth-order valence-electron chi connectivity index (χ4n) is 3.24. The quantitative estimate of drug-likeness (QED) is 0.761. The fraction of sp³-hybridized carbons (Fsp3) is 0.222. The van der Waals surface area contributed by atoms with Gasteiger partial charge in [0.2, 0.25) is 5.95 Å². The molecule has 2 heterocycles. The molecule has 1 N–H and O–H groups in total. The van der Waals surface area contributed by atoms with Crippen LogP contribution in [0.5, 0.6) is 5.75 Å². The van der Waals surface area contributed by atoms with Gasteiger partial charge in [-0.2, -0.15) is 10.1 Å². The lowest BCUT2D eigenvalue weighted by Crippen LogP contribution is -2.28. The van der Waals surface area contributed by atoms with Crippen LogP contribution in [0.2, 0.25) is 5.02 Å². The predicted octanol–water partition coefficient (Wildman–Crippen LogP) is 4.23. The zero-order valence-corrected chi connectivity index (χ0v) is 14.2. The van der Waals surface area contributed by atoms with Crippen LogP contribution >= 0.6 is 11.6 Å². The first-order chi connectivity index (χ1) is 12.2. The molecule has 1 aliphatic heterocycles. The highest BCUT2D eigenvalue weighted by Gasteiger charge is 2.32. The number of hydrogen-bond donors (Lipinski definition) is 1. The summed E-state index contributed by atoms with van der Waals surface area (Å²) in [6.45, 7) is 0. The highest BCUT2D eigenvalue weighted by atomic mass is 35.5. The van der Waals surface area contributed by atoms with Crippen LogP contribution in [0.4, 0.5) is 10.3 Å². The Labute approximate surface area is 149 Å². The largest absolute Gasteiger partial charge is 0.497 e. The van der Waals surface area contributed by atoms with Crippen molar-refractivity contribution in [2.75, 3.05) is 12.4 Å². The first kappa shape index (κ1) is 15.9. The Morgan fingerprint density at radius 2 is 2.04 bits per heavy atom. The number of hydrogen-bond acceptors (Lipinski definition) is 4. The van der Waals surface area contributed by atoms with Crippen LogP contribution < -0.4 is 10.1 Å². The number of fused-ring (bicyclic) bond motifs is 1. The zero-order valence-electron chi connectivity index (χ0n) is 13.5. The van der Waals surface area contributed by atoms with Crippen LogP contribution in [0.15, 0.2) is 48.8 Å². The maximum absolute atomic E-state index is 14.5. The highest BCUT2D eigenvalue weighted by molar-refractivity contribution is 6.31. The van der Waals surface area contributed by atoms with E-state index in [-0.39, 0.29) is 17.9 Å². The Hall–Kier alpha value is -2.60. The Morgan fingerprint density at radius 1 is 1.24 bits per heavy atom. The number of aromatic nitrogens is 3. The molecule has 0 unspecified atom stereocenters. The molecule has 2 aromatic carbocycles. The molecule has 0 amide bonds. The third-order valence-electron chi connectivity index (χ3n) is 4.48. The summed E-state index contributed by atoms with van der Waals surface area (Å²) in [6.07, 6.45) is 2.06. The molecule has 1 aliphatic rings. The number of rotatable bonds is 3. The van der Waals surface area contributed by atoms with Crippen molar-refractivity contribution in [1.82, 2.24) is 14.8 Å². The molecule has 7 heteroatoms. The van der Waals surface area contributed by atoms with Crippen LogP contribution in [-0.4, -0.2) is 21.9 Å². The van der Waals surface area contributed by atoms with Crippen molar-refractivity contribution < 1.29 is 9.13 Å². The van der Waals surface area contributed by atoms with Gasteiger partial charge < -0.3 is 10.1 Å². The number of halogens is 2. The van der Waals surface area contributed by atoms with Crippen molar-refractivity contribution in [2.45, 2.75) is 18.5 Å². The van der Waals surface area contributed by atoms with Crippen molar-refractivity contribution in [3.8, 4) is 5.75 Å². The molecule has 2 atom stereocenters. The summed E-state index contributed by atoms with van der Waals surface area (Å²) in [5.41, 5.74) is 1.50. The number of benzene rings is 2. The number of nitrogens with one attached hydrogen (secondary N) is 1. The van der Waals surface area contributed by atoms with Crippen LogP contribution in [-0.2, 0) is 0 Å². The lowest BCUT2D eigenvalue weighted by Gasteiger charge is -2.32. The minimum atomic E-state index is -0.339. The normalized spacial score (nSPS) is 19.2. The molecule has 1 aromatic heterocycles. The molecule has 0 spiro atoms. The highest BCUT2D eigenvalue weighted by Crippen LogP contribution is 2.40. The van der Waals surface area contributed by atoms with E-state index in [9.17, 15) is 4.39 Å². The van der Waals surface area contributed by atoms with Gasteiger partial charge in [0.1, 0.15) is 17.9 Å². The number of ether oxygens (including phenoxy) is 1. The number of methoxy groups -OCH3 is 1. The summed E-state index contributed by atoms with van der Waals surface area (Å²) in [5, 5.41) is 7.99. The molecule has 0 saturated heterocycles. The summed E-state index contributed by atoms with van der Waals surface area (Å²) in [5.74, 6) is 1.04. The van der Waals surface area contributed by atoms with E-state index in [1.165, 1.54) is 12.4 Å². The summed E-state index contributed by atoms with van der Waals surface area (Å²) >= 11 is 6.29. The molecule has 128 valence electrons. The predicted molar refractivity (Wildman–Crippen MR) is 93.5 cm³/mol. The van der Waals surface area contributed by atoms with Crippen LogP contribution in [0.25, 0.3) is 0 Å². The molecule has 0 fully saturated rings. The van der Waals surface area contributed by atoms with Crippen LogP contribution in [0.3, 0.4) is 0 Å². The molecular formula is C18H16ClFN4O. The van der Waals surface area contributed by atoms with E-state index in [2.05, 4.69) is 15.4 Å². The molecule has 25 heavy (non-hydrogen) atoms. The zero-order chi connectivity index (χ0) is 17.4. The third kappa shape index (κ3) is 2.82. The minimum Gasteiger partial charge on any atom is -0.497 e. The Morgan fingerprint density at radius 3 is 2.76 bits per heavy atom. The van der Waals surface area contributed by atoms with E-state index in [0.29, 0.717) is 23.0 Å². The summed E-state index contributed by atoms with van der Waals surface area (Å²) in [7, 11) is 1.63. The summed E-state index contributed by atoms with van der Waals surface area (Å²) in [6, 6.07) is 12.1. The topological polar surface area (TPSA) is 52.0 Å². The molecular weight excluding hydrogens is 343 g/mol. The van der Waals surface area contributed by atoms with Gasteiger partial charge in [-0.25, -0.2) is 9.07 Å². The molecule has 3 aromatic rings. The van der Waals surface area contributed by atoms with Gasteiger partial charge in [-0.1, -0.05) is 29.8 Å². The van der Waals surface area contributed by atoms with E-state index < -0.39 is 0 Å².